The first-order valence-corrected chi connectivity index (χ1v) is 18.4. The van der Waals surface area contributed by atoms with E-state index in [1.54, 1.807) is 0 Å². The molecular formula is C8Br2F18Te. The topological polar surface area (TPSA) is 0 Å². The zero-order chi connectivity index (χ0) is 24.5. The fraction of sp³-hybridized carbons (Fsp3) is 1.00. The molecule has 0 saturated heterocycles. The van der Waals surface area contributed by atoms with Crippen LogP contribution in [0.2, 0.25) is 0 Å². The van der Waals surface area contributed by atoms with Gasteiger partial charge in [-0.1, -0.05) is 0 Å². The van der Waals surface area contributed by atoms with Crippen molar-refractivity contribution in [2.75, 3.05) is 0 Å². The van der Waals surface area contributed by atoms with E-state index in [0.717, 1.165) is 0 Å². The summed E-state index contributed by atoms with van der Waals surface area (Å²) in [5.74, 6) is -31.8. The van der Waals surface area contributed by atoms with E-state index >= 15 is 0 Å². The normalized spacial score (nSPS) is 17.5. The number of hydrogen-bond donors (Lipinski definition) is 0. The van der Waals surface area contributed by atoms with Crippen molar-refractivity contribution in [3.05, 3.63) is 0 Å². The molecule has 0 aliphatic rings. The summed E-state index contributed by atoms with van der Waals surface area (Å²) in [5.41, 5.74) is 0. The molecule has 0 nitrogen and oxygen atoms in total. The van der Waals surface area contributed by atoms with Crippen molar-refractivity contribution in [2.45, 2.75) is 44.0 Å². The van der Waals surface area contributed by atoms with Gasteiger partial charge in [0, 0.05) is 0 Å². The monoisotopic (exact) mass is 726 g/mol. The third-order valence-electron chi connectivity index (χ3n) is 2.88. The maximum absolute atomic E-state index is 13.6. The van der Waals surface area contributed by atoms with Crippen molar-refractivity contribution in [3.63, 3.8) is 0 Å². The van der Waals surface area contributed by atoms with Crippen molar-refractivity contribution < 1.29 is 79.0 Å². The number of rotatable bonds is 6. The van der Waals surface area contributed by atoms with E-state index in [0.29, 0.717) is 25.5 Å². The van der Waals surface area contributed by atoms with Crippen molar-refractivity contribution >= 4 is 39.3 Å². The Hall–Kier alpha value is 0.490. The van der Waals surface area contributed by atoms with E-state index < -0.39 is 57.7 Å². The second-order valence-corrected chi connectivity index (χ2v) is 29.3. The van der Waals surface area contributed by atoms with Crippen molar-refractivity contribution in [1.82, 2.24) is 0 Å². The van der Waals surface area contributed by atoms with Gasteiger partial charge in [-0.05, 0) is 0 Å². The van der Waals surface area contributed by atoms with Gasteiger partial charge in [-0.15, -0.1) is 0 Å². The third kappa shape index (κ3) is 3.80. The minimum absolute atomic E-state index is 0.660. The Kier molecular flexibility index (Phi) is 7.37. The van der Waals surface area contributed by atoms with E-state index in [1.165, 1.54) is 0 Å². The third-order valence-corrected chi connectivity index (χ3v) is 18.9. The Morgan fingerprint density at radius 1 is 0.345 bits per heavy atom. The first-order chi connectivity index (χ1) is 12.0. The Morgan fingerprint density at radius 3 is 0.655 bits per heavy atom. The molecule has 29 heavy (non-hydrogen) atoms. The molecule has 0 spiro atoms. The SMILES string of the molecule is FC(F)(F)C(F)(F)C(F)(F)C(F)(F)[Te](Br)(Br)C(F)(F)C(F)(F)C(F)(F)C(F)(F)F. The van der Waals surface area contributed by atoms with E-state index in [-0.39, 0.29) is 0 Å². The van der Waals surface area contributed by atoms with Gasteiger partial charge in [0.25, 0.3) is 0 Å². The zero-order valence-corrected chi connectivity index (χ0v) is 17.5. The molecule has 0 saturated carbocycles. The van der Waals surface area contributed by atoms with Crippen LogP contribution < -0.4 is 0 Å². The van der Waals surface area contributed by atoms with Crippen LogP contribution in [0.4, 0.5) is 79.0 Å². The Labute approximate surface area is 162 Å². The van der Waals surface area contributed by atoms with Crippen LogP contribution in [0.3, 0.4) is 0 Å². The van der Waals surface area contributed by atoms with E-state index in [9.17, 15) is 79.0 Å². The fourth-order valence-corrected chi connectivity index (χ4v) is 10.1. The molecule has 0 fully saturated rings. The molecule has 0 radical (unpaired) electrons. The summed E-state index contributed by atoms with van der Waals surface area (Å²) in [6.45, 7) is 0. The average Bonchev–Trinajstić information content (AvgIpc) is 2.43. The van der Waals surface area contributed by atoms with Gasteiger partial charge in [-0.2, -0.15) is 0 Å². The molecule has 0 unspecified atom stereocenters. The molecule has 0 aliphatic heterocycles. The van der Waals surface area contributed by atoms with Crippen LogP contribution in [0.25, 0.3) is 0 Å². The molecule has 0 aromatic rings. The second kappa shape index (κ2) is 7.25. The Bertz CT molecular complexity index is 562. The quantitative estimate of drug-likeness (QED) is 0.200. The van der Waals surface area contributed by atoms with Gasteiger partial charge in [-0.25, -0.2) is 0 Å². The predicted molar refractivity (Wildman–Crippen MR) is 65.4 cm³/mol. The van der Waals surface area contributed by atoms with Crippen LogP contribution in [0.15, 0.2) is 0 Å². The summed E-state index contributed by atoms with van der Waals surface area (Å²) in [4.78, 5) is 0. The predicted octanol–water partition coefficient (Wildman–Crippen LogP) is 7.23. The van der Waals surface area contributed by atoms with Crippen LogP contribution in [0.1, 0.15) is 0 Å². The standard InChI is InChI=1S/C8Br2F18Te/c9-29(10,7(25,26)3(15,16)1(11,12)5(19,20)21)8(27,28)4(17,18)2(13,14)6(22,23)24. The number of alkyl halides is 18. The van der Waals surface area contributed by atoms with Crippen molar-refractivity contribution in [2.24, 2.45) is 0 Å². The molecule has 0 aliphatic carbocycles. The molecule has 0 N–H and O–H groups in total. The van der Waals surface area contributed by atoms with Crippen LogP contribution in [-0.4, -0.2) is 57.7 Å². The van der Waals surface area contributed by atoms with Gasteiger partial charge < -0.3 is 0 Å². The summed E-state index contributed by atoms with van der Waals surface area (Å²) < 4.78 is 215. The zero-order valence-electron chi connectivity index (χ0n) is 12.0. The van der Waals surface area contributed by atoms with Crippen molar-refractivity contribution in [3.8, 4) is 0 Å². The van der Waals surface area contributed by atoms with Gasteiger partial charge in [0.2, 0.25) is 0 Å². The minimum atomic E-state index is -9.01. The second-order valence-electron chi connectivity index (χ2n) is 4.80. The Morgan fingerprint density at radius 2 is 0.517 bits per heavy atom. The molecule has 0 atom stereocenters. The van der Waals surface area contributed by atoms with Gasteiger partial charge >= 0.3 is 162 Å². The van der Waals surface area contributed by atoms with Crippen LogP contribution in [0, 0.1) is 0 Å². The first kappa shape index (κ1) is 29.5. The molecule has 0 bridgehead atoms. The summed E-state index contributed by atoms with van der Waals surface area (Å²) in [6, 6.07) is 0. The summed E-state index contributed by atoms with van der Waals surface area (Å²) in [6.07, 6.45) is -15.2. The summed E-state index contributed by atoms with van der Waals surface area (Å²) in [7, 11) is 0. The molecule has 0 amide bonds. The summed E-state index contributed by atoms with van der Waals surface area (Å²) >= 11 is -7.69. The van der Waals surface area contributed by atoms with Gasteiger partial charge in [0.15, 0.2) is 0 Å². The first-order valence-electron chi connectivity index (χ1n) is 5.62. The molecule has 0 aromatic carbocycles. The summed E-state index contributed by atoms with van der Waals surface area (Å²) in [5, 5.41) is 0. The molecular weight excluding hydrogens is 725 g/mol. The molecule has 0 rings (SSSR count). The number of hydrogen-bond acceptors (Lipinski definition) is 0. The average molecular weight is 725 g/mol. The fourth-order valence-electron chi connectivity index (χ4n) is 1.20. The van der Waals surface area contributed by atoms with E-state index in [1.807, 2.05) is 0 Å². The van der Waals surface area contributed by atoms with Crippen molar-refractivity contribution in [1.29, 1.82) is 0 Å². The molecule has 0 aromatic heterocycles. The van der Waals surface area contributed by atoms with Gasteiger partial charge in [-0.3, -0.25) is 0 Å². The Balaban J connectivity index is 6.82. The van der Waals surface area contributed by atoms with E-state index in [4.69, 9.17) is 0 Å². The van der Waals surface area contributed by atoms with Crippen LogP contribution >= 0.6 is 25.5 Å². The molecule has 0 heterocycles. The molecule has 178 valence electrons. The van der Waals surface area contributed by atoms with Crippen LogP contribution in [-0.2, 0) is 0 Å². The maximum atomic E-state index is 13.6. The van der Waals surface area contributed by atoms with Gasteiger partial charge in [0.05, 0.1) is 0 Å². The molecule has 21 heteroatoms. The van der Waals surface area contributed by atoms with Gasteiger partial charge in [0.1, 0.15) is 0 Å². The van der Waals surface area contributed by atoms with Crippen LogP contribution in [0.5, 0.6) is 0 Å². The number of halogens is 20. The van der Waals surface area contributed by atoms with E-state index in [2.05, 4.69) is 0 Å².